The van der Waals surface area contributed by atoms with Gasteiger partial charge in [0.2, 0.25) is 5.91 Å². The van der Waals surface area contributed by atoms with Crippen LogP contribution in [0.5, 0.6) is 0 Å². The van der Waals surface area contributed by atoms with E-state index in [1.807, 2.05) is 62.9 Å². The van der Waals surface area contributed by atoms with Crippen LogP contribution >= 0.6 is 0 Å². The number of hydrogen-bond acceptors (Lipinski definition) is 4. The molecule has 1 aromatic heterocycles. The first-order valence-corrected chi connectivity index (χ1v) is 11.3. The van der Waals surface area contributed by atoms with Crippen molar-refractivity contribution in [1.82, 2.24) is 9.88 Å². The number of hydrogen-bond donors (Lipinski definition) is 1. The second-order valence-corrected chi connectivity index (χ2v) is 7.41. The quantitative estimate of drug-likeness (QED) is 0.513. The number of carbonyl (C=O) groups excluding carboxylic acids is 1. The first-order chi connectivity index (χ1) is 15.0. The summed E-state index contributed by atoms with van der Waals surface area (Å²) in [6.07, 6.45) is 5.69. The maximum Gasteiger partial charge on any atom is 0.231 e. The van der Waals surface area contributed by atoms with Crippen LogP contribution in [0, 0.1) is 0 Å². The Kier molecular flexibility index (Phi) is 12.0. The average Bonchev–Trinajstić information content (AvgIpc) is 2.81. The van der Waals surface area contributed by atoms with Gasteiger partial charge >= 0.3 is 0 Å². The van der Waals surface area contributed by atoms with E-state index in [0.717, 1.165) is 11.1 Å². The van der Waals surface area contributed by atoms with E-state index >= 15 is 0 Å². The van der Waals surface area contributed by atoms with Crippen LogP contribution in [0.25, 0.3) is 0 Å². The van der Waals surface area contributed by atoms with Gasteiger partial charge in [-0.1, -0.05) is 50.2 Å². The molecule has 2 atom stereocenters. The molecular formula is C26H39N3O2. The highest BCUT2D eigenvalue weighted by atomic mass is 16.5. The second-order valence-electron chi connectivity index (χ2n) is 7.41. The predicted octanol–water partition coefficient (Wildman–Crippen LogP) is 5.46. The summed E-state index contributed by atoms with van der Waals surface area (Å²) in [5, 5.41) is 0. The molecule has 0 spiro atoms. The van der Waals surface area contributed by atoms with Crippen LogP contribution < -0.4 is 5.73 Å². The fraction of sp³-hybridized carbons (Fsp3) is 0.462. The van der Waals surface area contributed by atoms with Crippen molar-refractivity contribution in [3.05, 3.63) is 77.9 Å². The van der Waals surface area contributed by atoms with Gasteiger partial charge < -0.3 is 15.4 Å². The lowest BCUT2D eigenvalue weighted by molar-refractivity contribution is -0.135. The van der Waals surface area contributed by atoms with Gasteiger partial charge in [-0.2, -0.15) is 0 Å². The van der Waals surface area contributed by atoms with E-state index in [2.05, 4.69) is 31.0 Å². The summed E-state index contributed by atoms with van der Waals surface area (Å²) in [7, 11) is 0. The van der Waals surface area contributed by atoms with Crippen molar-refractivity contribution >= 4 is 5.91 Å². The Bertz CT molecular complexity index is 776. The minimum absolute atomic E-state index is 0.0359. The summed E-state index contributed by atoms with van der Waals surface area (Å²) in [4.78, 5) is 19.9. The maximum atomic E-state index is 13.7. The lowest BCUT2D eigenvalue weighted by Gasteiger charge is -2.34. The number of benzene rings is 1. The van der Waals surface area contributed by atoms with Crippen molar-refractivity contribution in [2.24, 2.45) is 5.73 Å². The highest BCUT2D eigenvalue weighted by Gasteiger charge is 2.34. The van der Waals surface area contributed by atoms with Gasteiger partial charge in [0.05, 0.1) is 12.5 Å². The van der Waals surface area contributed by atoms with E-state index in [0.29, 0.717) is 25.3 Å². The molecule has 5 heteroatoms. The number of nitrogens with zero attached hydrogens (tertiary/aromatic N) is 2. The zero-order valence-electron chi connectivity index (χ0n) is 19.9. The van der Waals surface area contributed by atoms with Crippen LogP contribution in [0.2, 0.25) is 0 Å². The number of likely N-dealkylation sites (N-methyl/N-ethyl adjacent to an activating group) is 1. The molecule has 2 rings (SSSR count). The summed E-state index contributed by atoms with van der Waals surface area (Å²) in [5.74, 6) is 0.430. The molecule has 1 heterocycles. The molecule has 1 amide bonds. The molecule has 0 saturated heterocycles. The third-order valence-electron chi connectivity index (χ3n) is 5.18. The van der Waals surface area contributed by atoms with Crippen LogP contribution in [-0.2, 0) is 9.53 Å². The number of aromatic nitrogens is 1. The number of rotatable bonds is 10. The smallest absolute Gasteiger partial charge is 0.231 e. The molecule has 0 fully saturated rings. The number of nitrogens with two attached hydrogens (primary N) is 1. The van der Waals surface area contributed by atoms with Crippen molar-refractivity contribution in [3.8, 4) is 0 Å². The van der Waals surface area contributed by atoms with Crippen LogP contribution in [0.3, 0.4) is 0 Å². The monoisotopic (exact) mass is 425 g/mol. The van der Waals surface area contributed by atoms with E-state index < -0.39 is 0 Å². The van der Waals surface area contributed by atoms with E-state index in [-0.39, 0.29) is 23.8 Å². The Balaban J connectivity index is 0.00000233. The van der Waals surface area contributed by atoms with Gasteiger partial charge in [0.25, 0.3) is 0 Å². The average molecular weight is 426 g/mol. The highest BCUT2D eigenvalue weighted by molar-refractivity contribution is 5.85. The van der Waals surface area contributed by atoms with Gasteiger partial charge in [-0.3, -0.25) is 9.78 Å². The van der Waals surface area contributed by atoms with E-state index in [9.17, 15) is 4.79 Å². The predicted molar refractivity (Wildman–Crippen MR) is 129 cm³/mol. The largest absolute Gasteiger partial charge is 0.497 e. The standard InChI is InChI=1S/C24H33N3O2.C2H6/c1-5-27(18(2)3)24(28)23(21-12-9-14-26-17-21)22(13-15-29-19(4)16-25)20-10-7-6-8-11-20;1-2/h6-12,14,16-18,22-23H,5,13,15,25H2,1-4H3;1-2H3/b19-16-;. The molecule has 2 unspecified atom stereocenters. The molecule has 1 aromatic carbocycles. The fourth-order valence-electron chi connectivity index (χ4n) is 3.68. The van der Waals surface area contributed by atoms with Crippen LogP contribution in [0.4, 0.5) is 0 Å². The van der Waals surface area contributed by atoms with Gasteiger partial charge in [-0.15, -0.1) is 0 Å². The molecule has 0 saturated carbocycles. The van der Waals surface area contributed by atoms with E-state index in [1.165, 1.54) is 6.20 Å². The Morgan fingerprint density at radius 3 is 2.29 bits per heavy atom. The minimum Gasteiger partial charge on any atom is -0.497 e. The van der Waals surface area contributed by atoms with Gasteiger partial charge in [0, 0.05) is 37.1 Å². The topological polar surface area (TPSA) is 68.5 Å². The molecular weight excluding hydrogens is 386 g/mol. The molecule has 5 nitrogen and oxygen atoms in total. The van der Waals surface area contributed by atoms with Crippen LogP contribution in [0.15, 0.2) is 66.8 Å². The minimum atomic E-state index is -0.334. The highest BCUT2D eigenvalue weighted by Crippen LogP contribution is 2.37. The van der Waals surface area contributed by atoms with Crippen molar-refractivity contribution in [2.45, 2.75) is 65.8 Å². The fourth-order valence-corrected chi connectivity index (χ4v) is 3.68. The number of carbonyl (C=O) groups is 1. The number of allylic oxidation sites excluding steroid dienone is 1. The Hall–Kier alpha value is -2.82. The van der Waals surface area contributed by atoms with Crippen LogP contribution in [-0.4, -0.2) is 35.0 Å². The Morgan fingerprint density at radius 2 is 1.77 bits per heavy atom. The Morgan fingerprint density at radius 1 is 1.13 bits per heavy atom. The van der Waals surface area contributed by atoms with Gasteiger partial charge in [-0.05, 0) is 51.3 Å². The molecule has 31 heavy (non-hydrogen) atoms. The number of ether oxygens (including phenoxy) is 1. The van der Waals surface area contributed by atoms with Gasteiger partial charge in [-0.25, -0.2) is 0 Å². The molecule has 2 N–H and O–H groups in total. The molecule has 0 aliphatic heterocycles. The molecule has 0 aliphatic rings. The summed E-state index contributed by atoms with van der Waals surface area (Å²) in [5.41, 5.74) is 7.58. The number of pyridine rings is 1. The van der Waals surface area contributed by atoms with Gasteiger partial charge in [0.15, 0.2) is 0 Å². The van der Waals surface area contributed by atoms with Crippen LogP contribution in [0.1, 0.15) is 70.9 Å². The summed E-state index contributed by atoms with van der Waals surface area (Å²) >= 11 is 0. The first kappa shape index (κ1) is 26.2. The van der Waals surface area contributed by atoms with E-state index in [1.54, 1.807) is 12.4 Å². The molecule has 0 bridgehead atoms. The third-order valence-corrected chi connectivity index (χ3v) is 5.18. The SMILES string of the molecule is CC.CCN(C(=O)C(c1cccnc1)C(CCO/C(C)=C\N)c1ccccc1)C(C)C. The molecule has 170 valence electrons. The first-order valence-electron chi connectivity index (χ1n) is 11.3. The summed E-state index contributed by atoms with van der Waals surface area (Å²) < 4.78 is 5.74. The lowest BCUT2D eigenvalue weighted by atomic mass is 9.79. The third kappa shape index (κ3) is 7.74. The normalized spacial score (nSPS) is 13.1. The second kappa shape index (κ2) is 14.2. The Labute approximate surface area is 188 Å². The molecule has 0 aliphatic carbocycles. The van der Waals surface area contributed by atoms with E-state index in [4.69, 9.17) is 10.5 Å². The lowest BCUT2D eigenvalue weighted by Crippen LogP contribution is -2.41. The molecule has 0 radical (unpaired) electrons. The summed E-state index contributed by atoms with van der Waals surface area (Å²) in [6, 6.07) is 14.2. The zero-order valence-corrected chi connectivity index (χ0v) is 19.9. The van der Waals surface area contributed by atoms with Crippen molar-refractivity contribution < 1.29 is 9.53 Å². The van der Waals surface area contributed by atoms with Crippen molar-refractivity contribution in [1.29, 1.82) is 0 Å². The zero-order chi connectivity index (χ0) is 23.2. The van der Waals surface area contributed by atoms with Crippen molar-refractivity contribution in [3.63, 3.8) is 0 Å². The van der Waals surface area contributed by atoms with Crippen molar-refractivity contribution in [2.75, 3.05) is 13.2 Å². The summed E-state index contributed by atoms with van der Waals surface area (Å²) in [6.45, 7) is 13.1. The number of amides is 1. The molecule has 2 aromatic rings. The van der Waals surface area contributed by atoms with Gasteiger partial charge in [0.1, 0.15) is 5.76 Å². The maximum absolute atomic E-state index is 13.7.